The summed E-state index contributed by atoms with van der Waals surface area (Å²) in [6, 6.07) is 0. The van der Waals surface area contributed by atoms with Gasteiger partial charge in [-0.05, 0) is 12.3 Å². The van der Waals surface area contributed by atoms with Gasteiger partial charge in [0.1, 0.15) is 0 Å². The van der Waals surface area contributed by atoms with E-state index in [1.54, 1.807) is 0 Å². The Hall–Kier alpha value is -0.0400. The monoisotopic (exact) mass is 270 g/mol. The van der Waals surface area contributed by atoms with Gasteiger partial charge in [-0.2, -0.15) is 0 Å². The van der Waals surface area contributed by atoms with Gasteiger partial charge in [0.2, 0.25) is 0 Å². The van der Waals surface area contributed by atoms with Crippen LogP contribution in [0.15, 0.2) is 0 Å². The van der Waals surface area contributed by atoms with E-state index < -0.39 is 0 Å². The molecule has 0 spiro atoms. The lowest BCUT2D eigenvalue weighted by Crippen LogP contribution is -2.01. The van der Waals surface area contributed by atoms with E-state index in [9.17, 15) is 0 Å². The lowest BCUT2D eigenvalue weighted by Gasteiger charge is -2.16. The Kier molecular flexibility index (Phi) is 16.0. The normalized spacial score (nSPS) is 12.8. The first-order valence-electron chi connectivity index (χ1n) is 8.96. The standard InChI is InChI=1S/C18H38O/c1-3-5-7-8-9-11-15-18(14-6-4-2)16-12-10-13-17-19/h18-19H,3-17H2,1-2H3. The van der Waals surface area contributed by atoms with Crippen LogP contribution in [0.5, 0.6) is 0 Å². The van der Waals surface area contributed by atoms with Crippen LogP contribution in [0.4, 0.5) is 0 Å². The Bertz CT molecular complexity index is 156. The number of aliphatic hydroxyl groups is 1. The summed E-state index contributed by atoms with van der Waals surface area (Å²) in [5, 5.41) is 8.82. The molecule has 0 aromatic rings. The van der Waals surface area contributed by atoms with Crippen molar-refractivity contribution in [1.29, 1.82) is 0 Å². The van der Waals surface area contributed by atoms with Crippen molar-refractivity contribution in [3.63, 3.8) is 0 Å². The second kappa shape index (κ2) is 16.0. The van der Waals surface area contributed by atoms with Gasteiger partial charge in [0.05, 0.1) is 0 Å². The van der Waals surface area contributed by atoms with Gasteiger partial charge in [0.15, 0.2) is 0 Å². The Balaban J connectivity index is 3.55. The second-order valence-electron chi connectivity index (χ2n) is 6.14. The Labute approximate surface area is 122 Å². The molecular formula is C18H38O. The van der Waals surface area contributed by atoms with E-state index in [0.29, 0.717) is 6.61 Å². The van der Waals surface area contributed by atoms with E-state index >= 15 is 0 Å². The molecule has 1 heteroatoms. The van der Waals surface area contributed by atoms with Gasteiger partial charge in [-0.3, -0.25) is 0 Å². The zero-order valence-electron chi connectivity index (χ0n) is 13.6. The number of hydrogen-bond acceptors (Lipinski definition) is 1. The number of rotatable bonds is 15. The van der Waals surface area contributed by atoms with Crippen LogP contribution in [0.2, 0.25) is 0 Å². The summed E-state index contributed by atoms with van der Waals surface area (Å²) in [5.74, 6) is 0.963. The van der Waals surface area contributed by atoms with E-state index in [2.05, 4.69) is 13.8 Å². The smallest absolute Gasteiger partial charge is 0.0431 e. The molecule has 1 N–H and O–H groups in total. The second-order valence-corrected chi connectivity index (χ2v) is 6.14. The third-order valence-electron chi connectivity index (χ3n) is 4.20. The van der Waals surface area contributed by atoms with Crippen LogP contribution in [0.1, 0.15) is 104 Å². The van der Waals surface area contributed by atoms with Crippen molar-refractivity contribution in [2.24, 2.45) is 5.92 Å². The number of aliphatic hydroxyl groups excluding tert-OH is 1. The van der Waals surface area contributed by atoms with Gasteiger partial charge in [-0.15, -0.1) is 0 Å². The molecule has 1 atom stereocenters. The lowest BCUT2D eigenvalue weighted by molar-refractivity contribution is 0.278. The zero-order valence-corrected chi connectivity index (χ0v) is 13.6. The molecule has 0 saturated carbocycles. The summed E-state index contributed by atoms with van der Waals surface area (Å²) in [7, 11) is 0. The van der Waals surface area contributed by atoms with Crippen molar-refractivity contribution >= 4 is 0 Å². The molecule has 0 aromatic carbocycles. The molecule has 0 bridgehead atoms. The fraction of sp³-hybridized carbons (Fsp3) is 1.00. The quantitative estimate of drug-likeness (QED) is 0.357. The summed E-state index contributed by atoms with van der Waals surface area (Å²) in [5.41, 5.74) is 0. The largest absolute Gasteiger partial charge is 0.396 e. The van der Waals surface area contributed by atoms with Crippen molar-refractivity contribution in [3.8, 4) is 0 Å². The number of hydrogen-bond donors (Lipinski definition) is 1. The van der Waals surface area contributed by atoms with E-state index in [1.165, 1.54) is 83.5 Å². The van der Waals surface area contributed by atoms with Gasteiger partial charge >= 0.3 is 0 Å². The van der Waals surface area contributed by atoms with Gasteiger partial charge in [0.25, 0.3) is 0 Å². The third-order valence-corrected chi connectivity index (χ3v) is 4.20. The maximum Gasteiger partial charge on any atom is 0.0431 e. The third kappa shape index (κ3) is 14.2. The zero-order chi connectivity index (χ0) is 14.2. The van der Waals surface area contributed by atoms with Crippen molar-refractivity contribution in [2.45, 2.75) is 104 Å². The molecular weight excluding hydrogens is 232 g/mol. The molecule has 0 heterocycles. The van der Waals surface area contributed by atoms with E-state index in [4.69, 9.17) is 5.11 Å². The molecule has 1 unspecified atom stereocenters. The van der Waals surface area contributed by atoms with Crippen molar-refractivity contribution in [2.75, 3.05) is 6.61 Å². The highest BCUT2D eigenvalue weighted by Crippen LogP contribution is 2.23. The molecule has 0 aliphatic heterocycles. The molecule has 19 heavy (non-hydrogen) atoms. The molecule has 0 aliphatic rings. The number of unbranched alkanes of at least 4 members (excludes halogenated alkanes) is 8. The highest BCUT2D eigenvalue weighted by atomic mass is 16.2. The van der Waals surface area contributed by atoms with E-state index in [-0.39, 0.29) is 0 Å². The summed E-state index contributed by atoms with van der Waals surface area (Å²) in [6.07, 6.45) is 19.1. The van der Waals surface area contributed by atoms with Crippen molar-refractivity contribution in [1.82, 2.24) is 0 Å². The summed E-state index contributed by atoms with van der Waals surface area (Å²) < 4.78 is 0. The minimum absolute atomic E-state index is 0.372. The summed E-state index contributed by atoms with van der Waals surface area (Å²) in [4.78, 5) is 0. The van der Waals surface area contributed by atoms with Crippen LogP contribution in [-0.2, 0) is 0 Å². The highest BCUT2D eigenvalue weighted by Gasteiger charge is 2.07. The molecule has 0 saturated heterocycles. The first-order valence-corrected chi connectivity index (χ1v) is 8.96. The van der Waals surface area contributed by atoms with Crippen LogP contribution in [0.3, 0.4) is 0 Å². The van der Waals surface area contributed by atoms with Gasteiger partial charge in [0, 0.05) is 6.61 Å². The fourth-order valence-corrected chi connectivity index (χ4v) is 2.86. The highest BCUT2D eigenvalue weighted by molar-refractivity contribution is 4.61. The van der Waals surface area contributed by atoms with Gasteiger partial charge in [-0.25, -0.2) is 0 Å². The average molecular weight is 271 g/mol. The van der Waals surface area contributed by atoms with Crippen LogP contribution in [0, 0.1) is 5.92 Å². The van der Waals surface area contributed by atoms with Gasteiger partial charge in [-0.1, -0.05) is 97.3 Å². The Morgan fingerprint density at radius 3 is 1.63 bits per heavy atom. The Morgan fingerprint density at radius 1 is 0.579 bits per heavy atom. The minimum Gasteiger partial charge on any atom is -0.396 e. The minimum atomic E-state index is 0.372. The lowest BCUT2D eigenvalue weighted by atomic mass is 9.90. The molecule has 0 fully saturated rings. The molecule has 0 rings (SSSR count). The first-order chi connectivity index (χ1) is 9.35. The van der Waals surface area contributed by atoms with E-state index in [0.717, 1.165) is 12.3 Å². The van der Waals surface area contributed by atoms with Crippen LogP contribution in [0.25, 0.3) is 0 Å². The fourth-order valence-electron chi connectivity index (χ4n) is 2.86. The van der Waals surface area contributed by atoms with Gasteiger partial charge < -0.3 is 5.11 Å². The molecule has 0 radical (unpaired) electrons. The first kappa shape index (κ1) is 19.0. The topological polar surface area (TPSA) is 20.2 Å². The maximum atomic E-state index is 8.82. The SMILES string of the molecule is CCCCCCCCC(CCCC)CCCCCO. The van der Waals surface area contributed by atoms with Crippen LogP contribution >= 0.6 is 0 Å². The van der Waals surface area contributed by atoms with Crippen molar-refractivity contribution in [3.05, 3.63) is 0 Å². The van der Waals surface area contributed by atoms with Crippen LogP contribution < -0.4 is 0 Å². The van der Waals surface area contributed by atoms with Crippen molar-refractivity contribution < 1.29 is 5.11 Å². The predicted octanol–water partition coefficient (Wildman–Crippen LogP) is 6.10. The predicted molar refractivity (Wildman–Crippen MR) is 86.6 cm³/mol. The molecule has 116 valence electrons. The summed E-state index contributed by atoms with van der Waals surface area (Å²) >= 11 is 0. The molecule has 1 nitrogen and oxygen atoms in total. The molecule has 0 aliphatic carbocycles. The molecule has 0 amide bonds. The maximum absolute atomic E-state index is 8.82. The van der Waals surface area contributed by atoms with E-state index in [1.807, 2.05) is 0 Å². The van der Waals surface area contributed by atoms with Crippen LogP contribution in [-0.4, -0.2) is 11.7 Å². The summed E-state index contributed by atoms with van der Waals surface area (Å²) in [6.45, 7) is 4.96. The Morgan fingerprint density at radius 2 is 1.05 bits per heavy atom. The average Bonchev–Trinajstić information content (AvgIpc) is 2.43. The molecule has 0 aromatic heterocycles.